The van der Waals surface area contributed by atoms with Gasteiger partial charge in [0.1, 0.15) is 0 Å². The average Bonchev–Trinajstić information content (AvgIpc) is 2.12. The summed E-state index contributed by atoms with van der Waals surface area (Å²) in [5.41, 5.74) is 5.63. The van der Waals surface area contributed by atoms with Crippen LogP contribution in [0.3, 0.4) is 0 Å². The quantitative estimate of drug-likeness (QED) is 0.588. The highest BCUT2D eigenvalue weighted by molar-refractivity contribution is 4.69. The van der Waals surface area contributed by atoms with Gasteiger partial charge in [-0.2, -0.15) is 0 Å². The molecule has 0 aromatic heterocycles. The minimum Gasteiger partial charge on any atom is -0.396 e. The minimum atomic E-state index is 0.275. The Labute approximate surface area is 75.6 Å². The molecule has 74 valence electrons. The van der Waals surface area contributed by atoms with Crippen molar-refractivity contribution < 1.29 is 5.11 Å². The average molecular weight is 174 g/mol. The molecule has 1 unspecified atom stereocenters. The van der Waals surface area contributed by atoms with Crippen LogP contribution in [0.2, 0.25) is 0 Å². The lowest BCUT2D eigenvalue weighted by Crippen LogP contribution is -2.40. The Hall–Kier alpha value is -0.120. The Morgan fingerprint density at radius 2 is 2.08 bits per heavy atom. The van der Waals surface area contributed by atoms with Crippen molar-refractivity contribution in [3.63, 3.8) is 0 Å². The van der Waals surface area contributed by atoms with E-state index in [1.165, 1.54) is 0 Å². The topological polar surface area (TPSA) is 49.5 Å². The van der Waals surface area contributed by atoms with Crippen LogP contribution < -0.4 is 5.73 Å². The van der Waals surface area contributed by atoms with Crippen LogP contribution in [0, 0.1) is 0 Å². The summed E-state index contributed by atoms with van der Waals surface area (Å²) >= 11 is 0. The molecule has 0 aromatic carbocycles. The number of rotatable bonds is 7. The first kappa shape index (κ1) is 11.9. The van der Waals surface area contributed by atoms with Gasteiger partial charge in [-0.3, -0.25) is 4.90 Å². The van der Waals surface area contributed by atoms with Crippen LogP contribution in [-0.4, -0.2) is 42.3 Å². The minimum absolute atomic E-state index is 0.275. The summed E-state index contributed by atoms with van der Waals surface area (Å²) in [5.74, 6) is 0. The molecule has 0 amide bonds. The Bertz CT molecular complexity index is 94.5. The summed E-state index contributed by atoms with van der Waals surface area (Å²) in [6.45, 7) is 7.26. The zero-order chi connectivity index (χ0) is 9.40. The summed E-state index contributed by atoms with van der Waals surface area (Å²) in [5, 5.41) is 8.68. The molecule has 0 heterocycles. The van der Waals surface area contributed by atoms with E-state index in [0.717, 1.165) is 32.5 Å². The zero-order valence-electron chi connectivity index (χ0n) is 8.29. The Kier molecular flexibility index (Phi) is 7.45. The van der Waals surface area contributed by atoms with Gasteiger partial charge in [0.05, 0.1) is 0 Å². The second-order valence-corrected chi connectivity index (χ2v) is 3.00. The molecule has 0 saturated carbocycles. The maximum absolute atomic E-state index is 8.68. The third-order valence-corrected chi connectivity index (χ3v) is 2.27. The molecule has 12 heavy (non-hydrogen) atoms. The molecule has 3 N–H and O–H groups in total. The van der Waals surface area contributed by atoms with Gasteiger partial charge in [0, 0.05) is 25.7 Å². The second-order valence-electron chi connectivity index (χ2n) is 3.00. The fourth-order valence-electron chi connectivity index (χ4n) is 1.45. The van der Waals surface area contributed by atoms with E-state index in [4.69, 9.17) is 10.8 Å². The van der Waals surface area contributed by atoms with Gasteiger partial charge in [0.15, 0.2) is 0 Å². The van der Waals surface area contributed by atoms with Gasteiger partial charge in [0.2, 0.25) is 0 Å². The van der Waals surface area contributed by atoms with E-state index in [9.17, 15) is 0 Å². The van der Waals surface area contributed by atoms with E-state index in [1.54, 1.807) is 0 Å². The van der Waals surface area contributed by atoms with Gasteiger partial charge in [-0.05, 0) is 19.4 Å². The van der Waals surface area contributed by atoms with Crippen molar-refractivity contribution in [1.82, 2.24) is 4.90 Å². The molecule has 1 atom stereocenters. The fourth-order valence-corrected chi connectivity index (χ4v) is 1.45. The van der Waals surface area contributed by atoms with Crippen LogP contribution in [0.1, 0.15) is 26.7 Å². The summed E-state index contributed by atoms with van der Waals surface area (Å²) in [7, 11) is 0. The maximum Gasteiger partial charge on any atom is 0.0443 e. The lowest BCUT2D eigenvalue weighted by molar-refractivity contribution is 0.180. The summed E-state index contributed by atoms with van der Waals surface area (Å²) < 4.78 is 0. The van der Waals surface area contributed by atoms with Crippen LogP contribution in [0.15, 0.2) is 0 Å². The number of hydrogen-bond donors (Lipinski definition) is 2. The van der Waals surface area contributed by atoms with Crippen molar-refractivity contribution in [2.75, 3.05) is 26.2 Å². The van der Waals surface area contributed by atoms with Crippen molar-refractivity contribution in [2.24, 2.45) is 5.73 Å². The number of aliphatic hydroxyl groups excluding tert-OH is 1. The van der Waals surface area contributed by atoms with Crippen molar-refractivity contribution in [2.45, 2.75) is 32.7 Å². The Balaban J connectivity index is 3.75. The van der Waals surface area contributed by atoms with Crippen LogP contribution >= 0.6 is 0 Å². The van der Waals surface area contributed by atoms with Gasteiger partial charge in [-0.15, -0.1) is 0 Å². The smallest absolute Gasteiger partial charge is 0.0443 e. The van der Waals surface area contributed by atoms with Crippen LogP contribution in [0.25, 0.3) is 0 Å². The molecule has 0 bridgehead atoms. The van der Waals surface area contributed by atoms with Crippen molar-refractivity contribution in [3.8, 4) is 0 Å². The first-order valence-electron chi connectivity index (χ1n) is 4.85. The fraction of sp³-hybridized carbons (Fsp3) is 1.00. The normalized spacial score (nSPS) is 13.8. The predicted octanol–water partition coefficient (Wildman–Crippen LogP) is 0.428. The zero-order valence-corrected chi connectivity index (χ0v) is 8.29. The summed E-state index contributed by atoms with van der Waals surface area (Å²) in [6.07, 6.45) is 1.94. The molecule has 0 fully saturated rings. The van der Waals surface area contributed by atoms with E-state index in [1.807, 2.05) is 0 Å². The van der Waals surface area contributed by atoms with E-state index in [-0.39, 0.29) is 6.61 Å². The summed E-state index contributed by atoms with van der Waals surface area (Å²) in [6, 6.07) is 0.488. The van der Waals surface area contributed by atoms with E-state index in [2.05, 4.69) is 18.7 Å². The highest BCUT2D eigenvalue weighted by Crippen LogP contribution is 2.02. The first-order chi connectivity index (χ1) is 5.79. The molecule has 3 heteroatoms. The largest absolute Gasteiger partial charge is 0.396 e. The number of nitrogens with zero attached hydrogens (tertiary/aromatic N) is 1. The molecule has 0 aliphatic rings. The lowest BCUT2D eigenvalue weighted by atomic mass is 10.2. The van der Waals surface area contributed by atoms with Crippen molar-refractivity contribution in [1.29, 1.82) is 0 Å². The van der Waals surface area contributed by atoms with Gasteiger partial charge < -0.3 is 10.8 Å². The van der Waals surface area contributed by atoms with E-state index in [0.29, 0.717) is 6.04 Å². The van der Waals surface area contributed by atoms with Crippen molar-refractivity contribution in [3.05, 3.63) is 0 Å². The number of nitrogens with two attached hydrogens (primary N) is 1. The molecule has 0 spiro atoms. The number of aliphatic hydroxyl groups is 1. The molecule has 0 rings (SSSR count). The van der Waals surface area contributed by atoms with Gasteiger partial charge in [-0.1, -0.05) is 13.8 Å². The van der Waals surface area contributed by atoms with Crippen LogP contribution in [0.5, 0.6) is 0 Å². The van der Waals surface area contributed by atoms with Gasteiger partial charge in [0.25, 0.3) is 0 Å². The molecule has 3 nitrogen and oxygen atoms in total. The molecule has 0 saturated heterocycles. The Morgan fingerprint density at radius 1 is 1.42 bits per heavy atom. The standard InChI is InChI=1S/C9H22N2O/c1-3-9(8-10)11(4-2)6-5-7-12/h9,12H,3-8,10H2,1-2H3. The highest BCUT2D eigenvalue weighted by atomic mass is 16.3. The highest BCUT2D eigenvalue weighted by Gasteiger charge is 2.11. The molecule has 0 radical (unpaired) electrons. The molecule has 0 aliphatic carbocycles. The maximum atomic E-state index is 8.68. The SMILES string of the molecule is CCC(CN)N(CC)CCCO. The predicted molar refractivity (Wildman–Crippen MR) is 52.1 cm³/mol. The number of hydrogen-bond acceptors (Lipinski definition) is 3. The Morgan fingerprint density at radius 3 is 2.42 bits per heavy atom. The van der Waals surface area contributed by atoms with E-state index < -0.39 is 0 Å². The summed E-state index contributed by atoms with van der Waals surface area (Å²) in [4.78, 5) is 2.33. The number of likely N-dealkylation sites (N-methyl/N-ethyl adjacent to an activating group) is 1. The van der Waals surface area contributed by atoms with Crippen molar-refractivity contribution >= 4 is 0 Å². The van der Waals surface area contributed by atoms with Crippen LogP contribution in [0.4, 0.5) is 0 Å². The lowest BCUT2D eigenvalue weighted by Gasteiger charge is -2.28. The van der Waals surface area contributed by atoms with Gasteiger partial charge >= 0.3 is 0 Å². The third-order valence-electron chi connectivity index (χ3n) is 2.27. The van der Waals surface area contributed by atoms with Gasteiger partial charge in [-0.25, -0.2) is 0 Å². The molecule has 0 aromatic rings. The van der Waals surface area contributed by atoms with Crippen LogP contribution in [-0.2, 0) is 0 Å². The second kappa shape index (κ2) is 7.53. The monoisotopic (exact) mass is 174 g/mol. The molecule has 0 aliphatic heterocycles. The molecular weight excluding hydrogens is 152 g/mol. The van der Waals surface area contributed by atoms with E-state index >= 15 is 0 Å². The molecular formula is C9H22N2O. The first-order valence-corrected chi connectivity index (χ1v) is 4.85. The third kappa shape index (κ3) is 4.04.